The molecule has 0 aliphatic rings. The lowest BCUT2D eigenvalue weighted by Crippen LogP contribution is -2.19. The van der Waals surface area contributed by atoms with Crippen molar-refractivity contribution in [1.82, 2.24) is 0 Å². The number of phenolic OH excluding ortho intramolecular Hbond substituents is 2. The maximum atomic E-state index is 12.6. The minimum Gasteiger partial charge on any atom is -0.508 e. The molecule has 0 bridgehead atoms. The van der Waals surface area contributed by atoms with Crippen LogP contribution in [0.15, 0.2) is 45.6 Å². The molecule has 154 valence electrons. The van der Waals surface area contributed by atoms with Crippen LogP contribution in [0.2, 0.25) is 0 Å². The molecule has 8 nitrogen and oxygen atoms in total. The van der Waals surface area contributed by atoms with Crippen molar-refractivity contribution in [1.29, 1.82) is 0 Å². The highest BCUT2D eigenvalue weighted by atomic mass is 16.7. The number of benzene rings is 2. The summed E-state index contributed by atoms with van der Waals surface area (Å²) in [5.41, 5.74) is -0.454. The van der Waals surface area contributed by atoms with Crippen LogP contribution in [-0.4, -0.2) is 30.2 Å². The van der Waals surface area contributed by atoms with Gasteiger partial charge in [0.15, 0.2) is 17.8 Å². The largest absolute Gasteiger partial charge is 0.508 e. The van der Waals surface area contributed by atoms with Crippen molar-refractivity contribution in [2.45, 2.75) is 26.6 Å². The van der Waals surface area contributed by atoms with E-state index >= 15 is 0 Å². The van der Waals surface area contributed by atoms with Gasteiger partial charge in [-0.15, -0.1) is 0 Å². The van der Waals surface area contributed by atoms with E-state index < -0.39 is 17.5 Å². The van der Waals surface area contributed by atoms with E-state index in [-0.39, 0.29) is 34.2 Å². The van der Waals surface area contributed by atoms with Crippen LogP contribution in [-0.2, 0) is 4.74 Å². The van der Waals surface area contributed by atoms with Gasteiger partial charge in [0, 0.05) is 19.1 Å². The number of hydrogen-bond donors (Lipinski definition) is 2. The Kier molecular flexibility index (Phi) is 6.13. The third-order valence-electron chi connectivity index (χ3n) is 4.09. The van der Waals surface area contributed by atoms with Gasteiger partial charge in [0.25, 0.3) is 5.95 Å². The Morgan fingerprint density at radius 2 is 1.83 bits per heavy atom. The molecule has 1 atom stereocenters. The maximum absolute atomic E-state index is 12.6. The van der Waals surface area contributed by atoms with Gasteiger partial charge in [-0.2, -0.15) is 0 Å². The first-order valence-corrected chi connectivity index (χ1v) is 9.09. The third-order valence-corrected chi connectivity index (χ3v) is 4.09. The van der Waals surface area contributed by atoms with E-state index in [9.17, 15) is 15.0 Å². The predicted molar refractivity (Wildman–Crippen MR) is 105 cm³/mol. The molecule has 1 unspecified atom stereocenters. The molecule has 2 N–H and O–H groups in total. The topological polar surface area (TPSA) is 108 Å². The molecule has 2 aromatic carbocycles. The zero-order chi connectivity index (χ0) is 21.0. The average molecular weight is 402 g/mol. The minimum absolute atomic E-state index is 0.00940. The fourth-order valence-electron chi connectivity index (χ4n) is 2.77. The zero-order valence-corrected chi connectivity index (χ0v) is 16.3. The smallest absolute Gasteiger partial charge is 0.294 e. The van der Waals surface area contributed by atoms with E-state index in [1.165, 1.54) is 37.4 Å². The second-order valence-electron chi connectivity index (χ2n) is 6.07. The van der Waals surface area contributed by atoms with E-state index in [1.54, 1.807) is 0 Å². The van der Waals surface area contributed by atoms with Gasteiger partial charge in [0.1, 0.15) is 22.5 Å². The van der Waals surface area contributed by atoms with Crippen LogP contribution in [0.3, 0.4) is 0 Å². The van der Waals surface area contributed by atoms with E-state index in [4.69, 9.17) is 23.4 Å². The summed E-state index contributed by atoms with van der Waals surface area (Å²) in [7, 11) is 1.36. The normalized spacial score (nSPS) is 12.0. The zero-order valence-electron chi connectivity index (χ0n) is 16.3. The number of aromatic hydroxyl groups is 2. The molecule has 0 aliphatic carbocycles. The highest BCUT2D eigenvalue weighted by Gasteiger charge is 2.22. The monoisotopic (exact) mass is 402 g/mol. The molecule has 3 aromatic rings. The first kappa shape index (κ1) is 20.3. The summed E-state index contributed by atoms with van der Waals surface area (Å²) in [5, 5.41) is 19.9. The van der Waals surface area contributed by atoms with Crippen molar-refractivity contribution in [3.63, 3.8) is 0 Å². The molecule has 0 fully saturated rings. The molecule has 1 heterocycles. The van der Waals surface area contributed by atoms with Crippen LogP contribution in [0.25, 0.3) is 11.0 Å². The second-order valence-corrected chi connectivity index (χ2v) is 6.07. The van der Waals surface area contributed by atoms with Crippen molar-refractivity contribution < 1.29 is 33.6 Å². The Bertz CT molecular complexity index is 1040. The van der Waals surface area contributed by atoms with E-state index in [0.717, 1.165) is 6.07 Å². The average Bonchev–Trinajstić information content (AvgIpc) is 2.69. The Balaban J connectivity index is 2.06. The number of methoxy groups -OCH3 is 1. The summed E-state index contributed by atoms with van der Waals surface area (Å²) >= 11 is 0. The lowest BCUT2D eigenvalue weighted by molar-refractivity contribution is -0.0776. The molecule has 0 aliphatic heterocycles. The van der Waals surface area contributed by atoms with E-state index in [1.807, 2.05) is 13.8 Å². The molecule has 0 radical (unpaired) electrons. The summed E-state index contributed by atoms with van der Waals surface area (Å²) < 4.78 is 27.7. The summed E-state index contributed by atoms with van der Waals surface area (Å²) in [6.07, 6.45) is -0.00193. The standard InChI is InChI=1S/C21H22O8/c1-4-17(26-5-2)29-16-11-15-19(20(24)21(16)25-3)14(23)10-18(28-15)27-13-8-6-12(22)7-9-13/h6-11,17,22,24H,4-5H2,1-3H3. The van der Waals surface area contributed by atoms with Crippen molar-refractivity contribution in [2.75, 3.05) is 13.7 Å². The molecule has 1 aromatic heterocycles. The fourth-order valence-corrected chi connectivity index (χ4v) is 2.77. The van der Waals surface area contributed by atoms with Gasteiger partial charge < -0.3 is 33.6 Å². The second kappa shape index (κ2) is 8.74. The van der Waals surface area contributed by atoms with Crippen LogP contribution < -0.4 is 19.6 Å². The van der Waals surface area contributed by atoms with Crippen molar-refractivity contribution in [3.05, 3.63) is 46.6 Å². The molecule has 0 saturated heterocycles. The Morgan fingerprint density at radius 3 is 2.45 bits per heavy atom. The predicted octanol–water partition coefficient (Wildman–Crippen LogP) is 4.16. The van der Waals surface area contributed by atoms with Gasteiger partial charge >= 0.3 is 0 Å². The number of hydrogen-bond acceptors (Lipinski definition) is 8. The Morgan fingerprint density at radius 1 is 1.10 bits per heavy atom. The van der Waals surface area contributed by atoms with E-state index in [0.29, 0.717) is 18.8 Å². The first-order valence-electron chi connectivity index (χ1n) is 9.09. The molecule has 3 rings (SSSR count). The maximum Gasteiger partial charge on any atom is 0.294 e. The lowest BCUT2D eigenvalue weighted by atomic mass is 10.2. The van der Waals surface area contributed by atoms with Gasteiger partial charge in [0.05, 0.1) is 13.2 Å². The fraction of sp³-hybridized carbons (Fsp3) is 0.286. The molecular formula is C21H22O8. The molecule has 8 heteroatoms. The minimum atomic E-state index is -0.561. The number of fused-ring (bicyclic) bond motifs is 1. The number of rotatable bonds is 8. The highest BCUT2D eigenvalue weighted by molar-refractivity contribution is 5.88. The summed E-state index contributed by atoms with van der Waals surface area (Å²) in [6, 6.07) is 8.48. The van der Waals surface area contributed by atoms with Crippen molar-refractivity contribution in [3.8, 4) is 34.7 Å². The van der Waals surface area contributed by atoms with Gasteiger partial charge in [-0.05, 0) is 31.2 Å². The van der Waals surface area contributed by atoms with E-state index in [2.05, 4.69) is 0 Å². The van der Waals surface area contributed by atoms with Crippen LogP contribution in [0, 0.1) is 0 Å². The first-order chi connectivity index (χ1) is 14.0. The van der Waals surface area contributed by atoms with Gasteiger partial charge in [0.2, 0.25) is 11.2 Å². The van der Waals surface area contributed by atoms with Gasteiger partial charge in [-0.1, -0.05) is 6.92 Å². The van der Waals surface area contributed by atoms with Crippen LogP contribution >= 0.6 is 0 Å². The van der Waals surface area contributed by atoms with Gasteiger partial charge in [-0.25, -0.2) is 0 Å². The van der Waals surface area contributed by atoms with Crippen LogP contribution in [0.5, 0.6) is 34.7 Å². The lowest BCUT2D eigenvalue weighted by Gasteiger charge is -2.20. The molecular weight excluding hydrogens is 380 g/mol. The number of phenols is 2. The SMILES string of the molecule is CCOC(CC)Oc1cc2oc(Oc3ccc(O)cc3)cc(=O)c2c(O)c1OC. The summed E-state index contributed by atoms with van der Waals surface area (Å²) in [6.45, 7) is 4.17. The third kappa shape index (κ3) is 4.38. The van der Waals surface area contributed by atoms with Crippen LogP contribution in [0.1, 0.15) is 20.3 Å². The molecule has 0 amide bonds. The van der Waals surface area contributed by atoms with Crippen molar-refractivity contribution in [2.24, 2.45) is 0 Å². The quantitative estimate of drug-likeness (QED) is 0.541. The Hall–Kier alpha value is -3.39. The molecule has 29 heavy (non-hydrogen) atoms. The summed E-state index contributed by atoms with van der Waals surface area (Å²) in [5.74, 6) is 0.146. The molecule has 0 spiro atoms. The van der Waals surface area contributed by atoms with Crippen LogP contribution in [0.4, 0.5) is 0 Å². The van der Waals surface area contributed by atoms with Crippen molar-refractivity contribution >= 4 is 11.0 Å². The highest BCUT2D eigenvalue weighted by Crippen LogP contribution is 2.43. The van der Waals surface area contributed by atoms with Gasteiger partial charge in [-0.3, -0.25) is 4.79 Å². The molecule has 0 saturated carbocycles. The number of ether oxygens (including phenoxy) is 4. The summed E-state index contributed by atoms with van der Waals surface area (Å²) in [4.78, 5) is 12.6. The Labute approximate surface area is 166 Å².